The lowest BCUT2D eigenvalue weighted by Gasteiger charge is -2.35. The summed E-state index contributed by atoms with van der Waals surface area (Å²) in [6, 6.07) is 10.3. The molecule has 6 heteroatoms. The van der Waals surface area contributed by atoms with Gasteiger partial charge in [0.1, 0.15) is 5.01 Å². The molecular weight excluding hydrogens is 332 g/mol. The van der Waals surface area contributed by atoms with Crippen LogP contribution in [0, 0.1) is 5.92 Å². The molecule has 1 amide bonds. The Bertz CT molecular complexity index is 711. The SMILES string of the molecule is O=C1CN(c2nnc(Cc3ccccc3)s2)CCN1CC1CCCC1. The molecule has 1 saturated carbocycles. The van der Waals surface area contributed by atoms with Crippen LogP contribution in [-0.2, 0) is 11.2 Å². The molecular formula is C19H24N4OS. The number of benzene rings is 1. The number of aromatic nitrogens is 2. The van der Waals surface area contributed by atoms with Crippen LogP contribution in [0.3, 0.4) is 0 Å². The first-order valence-corrected chi connectivity index (χ1v) is 9.98. The van der Waals surface area contributed by atoms with Crippen LogP contribution < -0.4 is 4.90 Å². The van der Waals surface area contributed by atoms with Crippen LogP contribution in [0.2, 0.25) is 0 Å². The second kappa shape index (κ2) is 7.52. The predicted molar refractivity (Wildman–Crippen MR) is 99.9 cm³/mol. The topological polar surface area (TPSA) is 49.3 Å². The van der Waals surface area contributed by atoms with E-state index in [2.05, 4.69) is 32.1 Å². The number of piperazine rings is 1. The molecule has 0 unspecified atom stereocenters. The van der Waals surface area contributed by atoms with Crippen LogP contribution in [0.5, 0.6) is 0 Å². The Morgan fingerprint density at radius 1 is 1.08 bits per heavy atom. The molecule has 0 radical (unpaired) electrons. The summed E-state index contributed by atoms with van der Waals surface area (Å²) in [4.78, 5) is 16.6. The summed E-state index contributed by atoms with van der Waals surface area (Å²) >= 11 is 1.60. The van der Waals surface area contributed by atoms with Gasteiger partial charge in [0.05, 0.1) is 6.54 Å². The minimum atomic E-state index is 0.234. The lowest BCUT2D eigenvalue weighted by atomic mass is 10.1. The molecule has 0 spiro atoms. The maximum absolute atomic E-state index is 12.5. The molecule has 2 heterocycles. The lowest BCUT2D eigenvalue weighted by Crippen LogP contribution is -2.51. The summed E-state index contributed by atoms with van der Waals surface area (Å²) in [5.74, 6) is 0.951. The van der Waals surface area contributed by atoms with Crippen molar-refractivity contribution < 1.29 is 4.79 Å². The lowest BCUT2D eigenvalue weighted by molar-refractivity contribution is -0.131. The van der Waals surface area contributed by atoms with Crippen LogP contribution >= 0.6 is 11.3 Å². The van der Waals surface area contributed by atoms with Gasteiger partial charge in [-0.1, -0.05) is 54.5 Å². The van der Waals surface area contributed by atoms with Crippen LogP contribution in [0.15, 0.2) is 30.3 Å². The number of hydrogen-bond acceptors (Lipinski definition) is 5. The summed E-state index contributed by atoms with van der Waals surface area (Å²) in [5, 5.41) is 10.5. The molecule has 1 aliphatic carbocycles. The first-order chi connectivity index (χ1) is 12.3. The van der Waals surface area contributed by atoms with Crippen LogP contribution in [0.1, 0.15) is 36.3 Å². The molecule has 4 rings (SSSR count). The predicted octanol–water partition coefficient (Wildman–Crippen LogP) is 2.97. The van der Waals surface area contributed by atoms with Crippen molar-refractivity contribution >= 4 is 22.4 Å². The first-order valence-electron chi connectivity index (χ1n) is 9.17. The number of anilines is 1. The zero-order chi connectivity index (χ0) is 17.1. The van der Waals surface area contributed by atoms with Crippen molar-refractivity contribution in [2.24, 2.45) is 5.92 Å². The molecule has 5 nitrogen and oxygen atoms in total. The second-order valence-electron chi connectivity index (χ2n) is 7.05. The van der Waals surface area contributed by atoms with Gasteiger partial charge in [0, 0.05) is 26.1 Å². The number of hydrogen-bond donors (Lipinski definition) is 0. The van der Waals surface area contributed by atoms with Gasteiger partial charge in [0.2, 0.25) is 11.0 Å². The normalized spacial score (nSPS) is 19.0. The minimum Gasteiger partial charge on any atom is -0.339 e. The van der Waals surface area contributed by atoms with Gasteiger partial charge in [0.25, 0.3) is 0 Å². The summed E-state index contributed by atoms with van der Waals surface area (Å²) in [6.45, 7) is 3.05. The Labute approximate surface area is 152 Å². The Balaban J connectivity index is 1.34. The average Bonchev–Trinajstić information content (AvgIpc) is 3.30. The number of rotatable bonds is 5. The Morgan fingerprint density at radius 3 is 2.64 bits per heavy atom. The number of carbonyl (C=O) groups is 1. The van der Waals surface area contributed by atoms with E-state index >= 15 is 0 Å². The molecule has 25 heavy (non-hydrogen) atoms. The Kier molecular flexibility index (Phi) is 4.97. The standard InChI is InChI=1S/C19H24N4OS/c24-18-14-23(11-10-22(18)13-16-8-4-5-9-16)19-21-20-17(25-19)12-15-6-2-1-3-7-15/h1-3,6-7,16H,4-5,8-14H2. The number of carbonyl (C=O) groups excluding carboxylic acids is 1. The zero-order valence-corrected chi connectivity index (χ0v) is 15.2. The van der Waals surface area contributed by atoms with Crippen LogP contribution in [-0.4, -0.2) is 47.2 Å². The molecule has 0 atom stereocenters. The van der Waals surface area contributed by atoms with Crippen molar-refractivity contribution in [1.82, 2.24) is 15.1 Å². The van der Waals surface area contributed by atoms with Gasteiger partial charge < -0.3 is 9.80 Å². The minimum absolute atomic E-state index is 0.234. The van der Waals surface area contributed by atoms with E-state index in [0.717, 1.165) is 42.1 Å². The Morgan fingerprint density at radius 2 is 1.88 bits per heavy atom. The summed E-state index contributed by atoms with van der Waals surface area (Å²) < 4.78 is 0. The highest BCUT2D eigenvalue weighted by atomic mass is 32.1. The van der Waals surface area contributed by atoms with Gasteiger partial charge in [-0.25, -0.2) is 0 Å². The highest BCUT2D eigenvalue weighted by molar-refractivity contribution is 7.15. The number of nitrogens with zero attached hydrogens (tertiary/aromatic N) is 4. The van der Waals surface area contributed by atoms with Crippen molar-refractivity contribution in [1.29, 1.82) is 0 Å². The largest absolute Gasteiger partial charge is 0.339 e. The third-order valence-electron chi connectivity index (χ3n) is 5.20. The highest BCUT2D eigenvalue weighted by Gasteiger charge is 2.28. The molecule has 132 valence electrons. The van der Waals surface area contributed by atoms with Gasteiger partial charge in [-0.15, -0.1) is 10.2 Å². The van der Waals surface area contributed by atoms with Gasteiger partial charge in [0.15, 0.2) is 0 Å². The quantitative estimate of drug-likeness (QED) is 0.826. The summed E-state index contributed by atoms with van der Waals surface area (Å²) in [6.07, 6.45) is 6.02. The van der Waals surface area contributed by atoms with Crippen molar-refractivity contribution in [3.05, 3.63) is 40.9 Å². The fraction of sp³-hybridized carbons (Fsp3) is 0.526. The van der Waals surface area contributed by atoms with Gasteiger partial charge >= 0.3 is 0 Å². The van der Waals surface area contributed by atoms with Crippen molar-refractivity contribution in [3.63, 3.8) is 0 Å². The van der Waals surface area contributed by atoms with E-state index in [1.807, 2.05) is 18.2 Å². The van der Waals surface area contributed by atoms with E-state index in [9.17, 15) is 4.79 Å². The molecule has 1 saturated heterocycles. The number of amides is 1. The first kappa shape index (κ1) is 16.5. The monoisotopic (exact) mass is 356 g/mol. The van der Waals surface area contributed by atoms with E-state index in [4.69, 9.17) is 0 Å². The molecule has 0 bridgehead atoms. The maximum atomic E-state index is 12.5. The fourth-order valence-electron chi connectivity index (χ4n) is 3.78. The molecule has 1 aromatic heterocycles. The summed E-state index contributed by atoms with van der Waals surface area (Å²) in [5.41, 5.74) is 1.24. The van der Waals surface area contributed by atoms with E-state index in [1.165, 1.54) is 31.2 Å². The van der Waals surface area contributed by atoms with Gasteiger partial charge in [-0.2, -0.15) is 0 Å². The van der Waals surface area contributed by atoms with Crippen molar-refractivity contribution in [2.75, 3.05) is 31.1 Å². The van der Waals surface area contributed by atoms with Crippen molar-refractivity contribution in [2.45, 2.75) is 32.1 Å². The fourth-order valence-corrected chi connectivity index (χ4v) is 4.68. The van der Waals surface area contributed by atoms with E-state index < -0.39 is 0 Å². The van der Waals surface area contributed by atoms with E-state index in [-0.39, 0.29) is 5.91 Å². The average molecular weight is 356 g/mol. The molecule has 1 aliphatic heterocycles. The molecule has 2 aliphatic rings. The second-order valence-corrected chi connectivity index (χ2v) is 8.09. The van der Waals surface area contributed by atoms with Crippen LogP contribution in [0.25, 0.3) is 0 Å². The van der Waals surface area contributed by atoms with Crippen molar-refractivity contribution in [3.8, 4) is 0 Å². The van der Waals surface area contributed by atoms with Gasteiger partial charge in [-0.05, 0) is 24.3 Å². The zero-order valence-electron chi connectivity index (χ0n) is 14.4. The molecule has 1 aromatic carbocycles. The highest BCUT2D eigenvalue weighted by Crippen LogP contribution is 2.27. The molecule has 2 aromatic rings. The van der Waals surface area contributed by atoms with Gasteiger partial charge in [-0.3, -0.25) is 4.79 Å². The third-order valence-corrected chi connectivity index (χ3v) is 6.18. The van der Waals surface area contributed by atoms with E-state index in [1.54, 1.807) is 11.3 Å². The smallest absolute Gasteiger partial charge is 0.242 e. The maximum Gasteiger partial charge on any atom is 0.242 e. The molecule has 0 N–H and O–H groups in total. The molecule has 2 fully saturated rings. The third kappa shape index (κ3) is 4.00. The Hall–Kier alpha value is -1.95. The van der Waals surface area contributed by atoms with E-state index in [0.29, 0.717) is 6.54 Å². The van der Waals surface area contributed by atoms with Crippen LogP contribution in [0.4, 0.5) is 5.13 Å². The summed E-state index contributed by atoms with van der Waals surface area (Å²) in [7, 11) is 0.